The summed E-state index contributed by atoms with van der Waals surface area (Å²) in [4.78, 5) is 16.4. The number of ether oxygens (including phenoxy) is 1. The van der Waals surface area contributed by atoms with Gasteiger partial charge in [-0.25, -0.2) is 4.98 Å². The van der Waals surface area contributed by atoms with Gasteiger partial charge in [0.05, 0.1) is 10.7 Å². The second-order valence-electron chi connectivity index (χ2n) is 4.82. The molecular weight excluding hydrogens is 367 g/mol. The van der Waals surface area contributed by atoms with E-state index in [1.165, 1.54) is 11.3 Å². The number of aromatic nitrogens is 1. The van der Waals surface area contributed by atoms with Gasteiger partial charge in [-0.3, -0.25) is 10.1 Å². The molecule has 7 heteroatoms. The molecule has 1 amide bonds. The highest BCUT2D eigenvalue weighted by atomic mass is 35.5. The maximum atomic E-state index is 12.0. The van der Waals surface area contributed by atoms with Crippen molar-refractivity contribution in [2.24, 2.45) is 0 Å². The number of halogens is 2. The van der Waals surface area contributed by atoms with Crippen LogP contribution in [0.4, 0.5) is 5.13 Å². The maximum absolute atomic E-state index is 12.0. The van der Waals surface area contributed by atoms with E-state index in [0.29, 0.717) is 20.9 Å². The predicted molar refractivity (Wildman–Crippen MR) is 98.1 cm³/mol. The van der Waals surface area contributed by atoms with E-state index in [0.717, 1.165) is 11.3 Å². The molecule has 0 unspecified atom stereocenters. The summed E-state index contributed by atoms with van der Waals surface area (Å²) in [6, 6.07) is 14.6. The highest BCUT2D eigenvalue weighted by molar-refractivity contribution is 7.14. The number of nitrogens with zero attached hydrogens (tertiary/aromatic N) is 1. The first-order valence-electron chi connectivity index (χ1n) is 7.00. The fourth-order valence-electron chi connectivity index (χ4n) is 1.96. The average Bonchev–Trinajstić information content (AvgIpc) is 3.03. The van der Waals surface area contributed by atoms with E-state index in [4.69, 9.17) is 27.9 Å². The molecule has 0 saturated carbocycles. The SMILES string of the molecule is O=C(COc1ccc(Cl)cc1Cl)Nc1nc(-c2ccccc2)cs1. The Kier molecular flexibility index (Phi) is 5.35. The number of benzene rings is 2. The van der Waals surface area contributed by atoms with Crippen molar-refractivity contribution in [2.75, 3.05) is 11.9 Å². The number of amides is 1. The molecule has 1 heterocycles. The number of hydrogen-bond acceptors (Lipinski definition) is 4. The molecule has 0 atom stereocenters. The van der Waals surface area contributed by atoms with Gasteiger partial charge in [-0.1, -0.05) is 53.5 Å². The quantitative estimate of drug-likeness (QED) is 0.668. The van der Waals surface area contributed by atoms with Crippen LogP contribution in [0.15, 0.2) is 53.9 Å². The molecular formula is C17H12Cl2N2O2S. The third kappa shape index (κ3) is 4.26. The van der Waals surface area contributed by atoms with Crippen LogP contribution in [-0.4, -0.2) is 17.5 Å². The summed E-state index contributed by atoms with van der Waals surface area (Å²) in [5, 5.41) is 5.98. The number of anilines is 1. The molecule has 2 aromatic carbocycles. The molecule has 0 aliphatic rings. The van der Waals surface area contributed by atoms with E-state index in [2.05, 4.69) is 10.3 Å². The van der Waals surface area contributed by atoms with Crippen LogP contribution < -0.4 is 10.1 Å². The normalized spacial score (nSPS) is 10.4. The van der Waals surface area contributed by atoms with Crippen LogP contribution in [0, 0.1) is 0 Å². The third-order valence-corrected chi connectivity index (χ3v) is 4.36. The van der Waals surface area contributed by atoms with Gasteiger partial charge in [0.1, 0.15) is 5.75 Å². The first-order chi connectivity index (χ1) is 11.6. The summed E-state index contributed by atoms with van der Waals surface area (Å²) >= 11 is 13.2. The van der Waals surface area contributed by atoms with Crippen LogP contribution >= 0.6 is 34.5 Å². The van der Waals surface area contributed by atoms with E-state index in [1.54, 1.807) is 18.2 Å². The molecule has 0 radical (unpaired) electrons. The summed E-state index contributed by atoms with van der Waals surface area (Å²) in [6.45, 7) is -0.165. The predicted octanol–water partition coefficient (Wildman–Crippen LogP) is 5.13. The van der Waals surface area contributed by atoms with Crippen LogP contribution in [0.3, 0.4) is 0 Å². The highest BCUT2D eigenvalue weighted by Gasteiger charge is 2.10. The Bertz CT molecular complexity index is 853. The van der Waals surface area contributed by atoms with Crippen molar-refractivity contribution < 1.29 is 9.53 Å². The molecule has 122 valence electrons. The third-order valence-electron chi connectivity index (χ3n) is 3.07. The summed E-state index contributed by atoms with van der Waals surface area (Å²) in [5.41, 5.74) is 1.82. The van der Waals surface area contributed by atoms with E-state index in [9.17, 15) is 4.79 Å². The van der Waals surface area contributed by atoms with Gasteiger partial charge in [0.15, 0.2) is 11.7 Å². The zero-order valence-electron chi connectivity index (χ0n) is 12.3. The number of hydrogen-bond donors (Lipinski definition) is 1. The first kappa shape index (κ1) is 16.8. The van der Waals surface area contributed by atoms with Crippen molar-refractivity contribution in [3.8, 4) is 17.0 Å². The standard InChI is InChI=1S/C17H12Cl2N2O2S/c18-12-6-7-15(13(19)8-12)23-9-16(22)21-17-20-14(10-24-17)11-4-2-1-3-5-11/h1-8,10H,9H2,(H,20,21,22). The lowest BCUT2D eigenvalue weighted by Gasteiger charge is -2.07. The minimum absolute atomic E-state index is 0.165. The zero-order chi connectivity index (χ0) is 16.9. The van der Waals surface area contributed by atoms with Crippen LogP contribution in [0.2, 0.25) is 10.0 Å². The number of carbonyl (C=O) groups is 1. The van der Waals surface area contributed by atoms with Crippen LogP contribution in [0.5, 0.6) is 5.75 Å². The molecule has 24 heavy (non-hydrogen) atoms. The Hall–Kier alpha value is -2.08. The van der Waals surface area contributed by atoms with Crippen LogP contribution in [0.1, 0.15) is 0 Å². The van der Waals surface area contributed by atoms with Gasteiger partial charge in [-0.15, -0.1) is 11.3 Å². The van der Waals surface area contributed by atoms with Gasteiger partial charge in [0.25, 0.3) is 5.91 Å². The van der Waals surface area contributed by atoms with Crippen LogP contribution in [-0.2, 0) is 4.79 Å². The molecule has 0 fully saturated rings. The monoisotopic (exact) mass is 378 g/mol. The lowest BCUT2D eigenvalue weighted by molar-refractivity contribution is -0.118. The second kappa shape index (κ2) is 7.66. The van der Waals surface area contributed by atoms with Crippen LogP contribution in [0.25, 0.3) is 11.3 Å². The minimum atomic E-state index is -0.310. The molecule has 0 saturated heterocycles. The molecule has 4 nitrogen and oxygen atoms in total. The number of thiazole rings is 1. The van der Waals surface area contributed by atoms with E-state index in [-0.39, 0.29) is 12.5 Å². The van der Waals surface area contributed by atoms with Gasteiger partial charge < -0.3 is 4.74 Å². The molecule has 0 aliphatic carbocycles. The topological polar surface area (TPSA) is 51.2 Å². The smallest absolute Gasteiger partial charge is 0.264 e. The van der Waals surface area contributed by atoms with E-state index < -0.39 is 0 Å². The molecule has 1 N–H and O–H groups in total. The second-order valence-corrected chi connectivity index (χ2v) is 6.52. The fourth-order valence-corrected chi connectivity index (χ4v) is 3.16. The maximum Gasteiger partial charge on any atom is 0.264 e. The Morgan fingerprint density at radius 2 is 1.96 bits per heavy atom. The van der Waals surface area contributed by atoms with Gasteiger partial charge in [-0.2, -0.15) is 0 Å². The summed E-state index contributed by atoms with van der Waals surface area (Å²) < 4.78 is 5.39. The summed E-state index contributed by atoms with van der Waals surface area (Å²) in [7, 11) is 0. The average molecular weight is 379 g/mol. The van der Waals surface area contributed by atoms with Crippen molar-refractivity contribution in [3.63, 3.8) is 0 Å². The Labute approximate surface area is 153 Å². The van der Waals surface area contributed by atoms with E-state index >= 15 is 0 Å². The highest BCUT2D eigenvalue weighted by Crippen LogP contribution is 2.28. The summed E-state index contributed by atoms with van der Waals surface area (Å²) in [5.74, 6) is 0.0929. The lowest BCUT2D eigenvalue weighted by Crippen LogP contribution is -2.20. The minimum Gasteiger partial charge on any atom is -0.482 e. The Balaban J connectivity index is 1.58. The summed E-state index contributed by atoms with van der Waals surface area (Å²) in [6.07, 6.45) is 0. The molecule has 3 aromatic rings. The van der Waals surface area contributed by atoms with Crippen molar-refractivity contribution in [1.82, 2.24) is 4.98 Å². The first-order valence-corrected chi connectivity index (χ1v) is 8.64. The lowest BCUT2D eigenvalue weighted by atomic mass is 10.2. The molecule has 3 rings (SSSR count). The van der Waals surface area contributed by atoms with Gasteiger partial charge in [0, 0.05) is 16.0 Å². The Morgan fingerprint density at radius 1 is 1.17 bits per heavy atom. The molecule has 0 bridgehead atoms. The van der Waals surface area contributed by atoms with Gasteiger partial charge >= 0.3 is 0 Å². The van der Waals surface area contributed by atoms with Gasteiger partial charge in [0.2, 0.25) is 0 Å². The number of nitrogens with one attached hydrogen (secondary N) is 1. The van der Waals surface area contributed by atoms with Crippen molar-refractivity contribution in [2.45, 2.75) is 0 Å². The molecule has 0 aliphatic heterocycles. The van der Waals surface area contributed by atoms with Crippen molar-refractivity contribution in [1.29, 1.82) is 0 Å². The molecule has 1 aromatic heterocycles. The fraction of sp³-hybridized carbons (Fsp3) is 0.0588. The van der Waals surface area contributed by atoms with Crippen molar-refractivity contribution in [3.05, 3.63) is 64.0 Å². The largest absolute Gasteiger partial charge is 0.482 e. The zero-order valence-corrected chi connectivity index (χ0v) is 14.7. The Morgan fingerprint density at radius 3 is 2.71 bits per heavy atom. The van der Waals surface area contributed by atoms with E-state index in [1.807, 2.05) is 35.7 Å². The molecule has 0 spiro atoms. The number of carbonyl (C=O) groups excluding carboxylic acids is 1. The number of rotatable bonds is 5. The van der Waals surface area contributed by atoms with Gasteiger partial charge in [-0.05, 0) is 18.2 Å². The van der Waals surface area contributed by atoms with Crippen molar-refractivity contribution >= 4 is 45.6 Å².